The number of benzene rings is 2. The molecule has 0 atom stereocenters. The van der Waals surface area contributed by atoms with E-state index in [-0.39, 0.29) is 0 Å². The normalized spacial score (nSPS) is 18.1. The first-order chi connectivity index (χ1) is 36.0. The van der Waals surface area contributed by atoms with E-state index in [1.54, 1.807) is 0 Å². The highest BCUT2D eigenvalue weighted by molar-refractivity contribution is 5.45. The van der Waals surface area contributed by atoms with Gasteiger partial charge in [0.05, 0.1) is 0 Å². The minimum atomic E-state index is 0.476. The molecule has 0 unspecified atom stereocenters. The zero-order valence-electron chi connectivity index (χ0n) is 47.6. The van der Waals surface area contributed by atoms with E-state index in [1.807, 2.05) is 0 Å². The highest BCUT2D eigenvalue weighted by Gasteiger charge is 2.28. The van der Waals surface area contributed by atoms with Crippen LogP contribution in [0, 0.1) is 11.8 Å². The van der Waals surface area contributed by atoms with E-state index in [0.29, 0.717) is 23.7 Å². The smallest absolute Gasteiger partial charge is 0.131 e. The third-order valence-corrected chi connectivity index (χ3v) is 17.1. The summed E-state index contributed by atoms with van der Waals surface area (Å²) in [6, 6.07) is 14.6. The third-order valence-electron chi connectivity index (χ3n) is 17.1. The van der Waals surface area contributed by atoms with Crippen LogP contribution >= 0.6 is 0 Å². The molecule has 2 fully saturated rings. The lowest BCUT2D eigenvalue weighted by molar-refractivity contribution is 0.312. The second-order valence-corrected chi connectivity index (χ2v) is 23.5. The molecule has 73 heavy (non-hydrogen) atoms. The Morgan fingerprint density at radius 1 is 0.342 bits per heavy atom. The Morgan fingerprint density at radius 2 is 0.630 bits per heavy atom. The number of unbranched alkanes of at least 4 members (excludes halogenated alkanes) is 22. The number of hydrogen-bond acceptors (Lipinski definition) is 5. The van der Waals surface area contributed by atoms with E-state index in [0.717, 1.165) is 61.7 Å². The van der Waals surface area contributed by atoms with Gasteiger partial charge in [0.15, 0.2) is 0 Å². The summed E-state index contributed by atoms with van der Waals surface area (Å²) in [6.07, 6.45) is 59.7. The van der Waals surface area contributed by atoms with Crippen molar-refractivity contribution < 1.29 is 4.74 Å². The molecule has 0 N–H and O–H groups in total. The van der Waals surface area contributed by atoms with Crippen LogP contribution in [0.3, 0.4) is 0 Å². The van der Waals surface area contributed by atoms with Crippen molar-refractivity contribution in [3.8, 4) is 11.5 Å². The van der Waals surface area contributed by atoms with Crippen LogP contribution in [-0.2, 0) is 38.5 Å². The molecular formula is C68H106N4O. The maximum atomic E-state index is 7.27. The average Bonchev–Trinajstić information content (AvgIpc) is 3.42. The Kier molecular flexibility index (Phi) is 28.6. The number of nitrogens with zero attached hydrogens (tertiary/aromatic N) is 4. The van der Waals surface area contributed by atoms with E-state index < -0.39 is 0 Å². The van der Waals surface area contributed by atoms with Crippen molar-refractivity contribution in [2.24, 2.45) is 11.8 Å². The van der Waals surface area contributed by atoms with Crippen molar-refractivity contribution in [3.63, 3.8) is 0 Å². The molecular weight excluding hydrogens is 889 g/mol. The van der Waals surface area contributed by atoms with Gasteiger partial charge >= 0.3 is 0 Å². The predicted octanol–water partition coefficient (Wildman–Crippen LogP) is 20.5. The number of aryl methyl sites for hydroxylation is 4. The molecule has 2 aliphatic rings. The fourth-order valence-electron chi connectivity index (χ4n) is 12.3. The maximum Gasteiger partial charge on any atom is 0.131 e. The topological polar surface area (TPSA) is 60.8 Å². The Balaban J connectivity index is 1.11. The summed E-state index contributed by atoms with van der Waals surface area (Å²) >= 11 is 0. The van der Waals surface area contributed by atoms with Crippen LogP contribution in [0.5, 0.6) is 11.5 Å². The molecule has 404 valence electrons. The molecule has 0 radical (unpaired) electrons. The molecule has 6 rings (SSSR count). The first-order valence-electron chi connectivity index (χ1n) is 31.6. The lowest BCUT2D eigenvalue weighted by Crippen LogP contribution is -2.18. The van der Waals surface area contributed by atoms with Crippen molar-refractivity contribution >= 4 is 0 Å². The van der Waals surface area contributed by atoms with Crippen molar-refractivity contribution in [1.29, 1.82) is 0 Å². The van der Waals surface area contributed by atoms with Crippen LogP contribution in [0.1, 0.15) is 303 Å². The molecule has 4 aromatic rings. The molecule has 2 heterocycles. The van der Waals surface area contributed by atoms with Gasteiger partial charge in [-0.1, -0.05) is 193 Å². The van der Waals surface area contributed by atoms with Gasteiger partial charge in [0, 0.05) is 36.6 Å². The molecule has 0 spiro atoms. The second-order valence-electron chi connectivity index (χ2n) is 23.5. The maximum absolute atomic E-state index is 7.27. The highest BCUT2D eigenvalue weighted by Crippen LogP contribution is 2.41. The Bertz CT molecular complexity index is 1870. The van der Waals surface area contributed by atoms with E-state index >= 15 is 0 Å². The predicted molar refractivity (Wildman–Crippen MR) is 311 cm³/mol. The molecule has 5 nitrogen and oxygen atoms in total. The molecule has 2 aromatic heterocycles. The van der Waals surface area contributed by atoms with Crippen LogP contribution < -0.4 is 4.74 Å². The lowest BCUT2D eigenvalue weighted by atomic mass is 9.78. The van der Waals surface area contributed by atoms with E-state index in [9.17, 15) is 0 Å². The number of aromatic nitrogens is 4. The Hall–Kier alpha value is -3.60. The van der Waals surface area contributed by atoms with Gasteiger partial charge in [0.2, 0.25) is 0 Å². The van der Waals surface area contributed by atoms with Crippen LogP contribution in [0.4, 0.5) is 0 Å². The zero-order valence-corrected chi connectivity index (χ0v) is 47.6. The van der Waals surface area contributed by atoms with Crippen LogP contribution in [0.15, 0.2) is 61.2 Å². The zero-order chi connectivity index (χ0) is 51.0. The Morgan fingerprint density at radius 3 is 0.945 bits per heavy atom. The summed E-state index contributed by atoms with van der Waals surface area (Å²) in [5.74, 6) is 6.56. The first kappa shape index (κ1) is 58.7. The molecule has 2 aliphatic carbocycles. The van der Waals surface area contributed by atoms with Gasteiger partial charge < -0.3 is 4.74 Å². The summed E-state index contributed by atoms with van der Waals surface area (Å²) in [7, 11) is 0. The summed E-state index contributed by atoms with van der Waals surface area (Å²) in [5.41, 5.74) is 8.40. The fraction of sp³-hybridized carbons (Fsp3) is 0.706. The minimum Gasteiger partial charge on any atom is -0.457 e. The first-order valence-corrected chi connectivity index (χ1v) is 31.6. The molecule has 0 bridgehead atoms. The molecule has 2 aromatic carbocycles. The third kappa shape index (κ3) is 22.3. The largest absolute Gasteiger partial charge is 0.457 e. The SMILES string of the molecule is CCCCCCCCCCc1ccc(Oc2ccc(CCCCCCCCCC)cc2CC2CCC(c3ncc(CCCCCCC)cn3)CC2)c(CC2CCC(c3ncc(CCCCCCC)cn3)CC2)c1. The van der Waals surface area contributed by atoms with Crippen LogP contribution in [0.25, 0.3) is 0 Å². The molecule has 2 saturated carbocycles. The van der Waals surface area contributed by atoms with Crippen LogP contribution in [-0.4, -0.2) is 19.9 Å². The Labute approximate surface area is 448 Å². The fourth-order valence-corrected chi connectivity index (χ4v) is 12.3. The van der Waals surface area contributed by atoms with Gasteiger partial charge in [0.25, 0.3) is 0 Å². The van der Waals surface area contributed by atoms with Gasteiger partial charge in [-0.25, -0.2) is 19.9 Å². The highest BCUT2D eigenvalue weighted by atomic mass is 16.5. The summed E-state index contributed by atoms with van der Waals surface area (Å²) in [4.78, 5) is 19.8. The van der Waals surface area contributed by atoms with Gasteiger partial charge in [0.1, 0.15) is 23.1 Å². The molecule has 0 amide bonds. The number of rotatable bonds is 38. The quantitative estimate of drug-likeness (QED) is 0.0419. The van der Waals surface area contributed by atoms with Crippen molar-refractivity contribution in [1.82, 2.24) is 19.9 Å². The average molecular weight is 996 g/mol. The van der Waals surface area contributed by atoms with E-state index in [2.05, 4.69) is 88.9 Å². The van der Waals surface area contributed by atoms with Crippen molar-refractivity contribution in [3.05, 3.63) is 106 Å². The summed E-state index contributed by atoms with van der Waals surface area (Å²) in [6.45, 7) is 9.20. The number of ether oxygens (including phenoxy) is 1. The van der Waals surface area contributed by atoms with Crippen LogP contribution in [0.2, 0.25) is 0 Å². The van der Waals surface area contributed by atoms with Crippen molar-refractivity contribution in [2.45, 2.75) is 296 Å². The van der Waals surface area contributed by atoms with Gasteiger partial charge in [-0.15, -0.1) is 0 Å². The van der Waals surface area contributed by atoms with Gasteiger partial charge in [-0.2, -0.15) is 0 Å². The van der Waals surface area contributed by atoms with Gasteiger partial charge in [-0.3, -0.25) is 0 Å². The van der Waals surface area contributed by atoms with Gasteiger partial charge in [-0.05, 0) is 173 Å². The monoisotopic (exact) mass is 995 g/mol. The lowest BCUT2D eigenvalue weighted by Gasteiger charge is -2.29. The van der Waals surface area contributed by atoms with E-state index in [1.165, 1.54) is 252 Å². The molecule has 0 aliphatic heterocycles. The summed E-state index contributed by atoms with van der Waals surface area (Å²) < 4.78 is 7.27. The van der Waals surface area contributed by atoms with Crippen molar-refractivity contribution in [2.75, 3.05) is 0 Å². The standard InChI is InChI=1S/C68H106N4O/c1-5-9-13-17-19-21-25-27-31-55-39-45-65(63(47-55)49-57-35-41-61(42-36-57)67-69-51-59(52-70-67)33-29-23-15-11-7-3)73-66-46-40-56(32-28-26-22-20-18-14-10-6-2)48-64(66)50-58-37-43-62(44-38-58)68-71-53-60(54-72-68)34-30-24-16-12-8-4/h39-40,45-48,51-54,57-58,61-62H,5-38,41-44,49-50H2,1-4H3. The molecule has 0 saturated heterocycles. The summed E-state index contributed by atoms with van der Waals surface area (Å²) in [5, 5.41) is 0. The van der Waals surface area contributed by atoms with E-state index in [4.69, 9.17) is 24.7 Å². The minimum absolute atomic E-state index is 0.476. The number of hydrogen-bond donors (Lipinski definition) is 0. The molecule has 5 heteroatoms. The second kappa shape index (κ2) is 35.6.